The third-order valence-corrected chi connectivity index (χ3v) is 4.41. The smallest absolute Gasteiger partial charge is 0.269 e. The van der Waals surface area contributed by atoms with Crippen LogP contribution < -0.4 is 0 Å². The molecule has 0 amide bonds. The second-order valence-corrected chi connectivity index (χ2v) is 8.85. The number of nitrogens with zero attached hydrogens (tertiary/aromatic N) is 3. The van der Waals surface area contributed by atoms with Gasteiger partial charge in [0.15, 0.2) is 5.78 Å². The van der Waals surface area contributed by atoms with Crippen molar-refractivity contribution in [1.29, 1.82) is 0 Å². The van der Waals surface area contributed by atoms with Gasteiger partial charge in [-0.1, -0.05) is 53.7 Å². The van der Waals surface area contributed by atoms with Crippen molar-refractivity contribution >= 4 is 17.2 Å². The van der Waals surface area contributed by atoms with Crippen molar-refractivity contribution < 1.29 is 9.72 Å². The molecule has 0 aromatic heterocycles. The van der Waals surface area contributed by atoms with E-state index in [4.69, 9.17) is 0 Å². The maximum absolute atomic E-state index is 12.9. The number of benzene rings is 1. The molecule has 0 unspecified atom stereocenters. The van der Waals surface area contributed by atoms with E-state index in [0.717, 1.165) is 11.1 Å². The van der Waals surface area contributed by atoms with Gasteiger partial charge in [0.25, 0.3) is 5.69 Å². The second kappa shape index (κ2) is 7.55. The Balaban J connectivity index is 2.22. The summed E-state index contributed by atoms with van der Waals surface area (Å²) in [6.45, 7) is 12.7. The summed E-state index contributed by atoms with van der Waals surface area (Å²) >= 11 is 0. The lowest BCUT2D eigenvalue weighted by atomic mass is 9.71. The second-order valence-electron chi connectivity index (χ2n) is 8.85. The molecule has 144 valence electrons. The number of hydrogen-bond acceptors (Lipinski definition) is 5. The lowest BCUT2D eigenvalue weighted by molar-refractivity contribution is -0.384. The molecule has 0 bridgehead atoms. The summed E-state index contributed by atoms with van der Waals surface area (Å²) < 4.78 is 0. The van der Waals surface area contributed by atoms with Gasteiger partial charge in [0.2, 0.25) is 0 Å². The summed E-state index contributed by atoms with van der Waals surface area (Å²) in [5.41, 5.74) is 1.73. The van der Waals surface area contributed by atoms with Gasteiger partial charge in [-0.05, 0) is 23.0 Å². The minimum Gasteiger partial charge on any atom is -0.289 e. The summed E-state index contributed by atoms with van der Waals surface area (Å²) in [7, 11) is 0. The summed E-state index contributed by atoms with van der Waals surface area (Å²) in [4.78, 5) is 23.1. The Kier molecular flexibility index (Phi) is 5.78. The Morgan fingerprint density at radius 2 is 1.44 bits per heavy atom. The standard InChI is InChI=1S/C21H27N3O3/c1-20(2,3)17-11-14(12-18(19(17)25)21(4,5)6)13-22-23-15-7-9-16(10-8-15)24(26)27/h7-12,14H,13H2,1-6H3. The normalized spacial score (nSPS) is 16.4. The maximum atomic E-state index is 12.9. The first-order chi connectivity index (χ1) is 12.4. The van der Waals surface area contributed by atoms with E-state index in [-0.39, 0.29) is 28.2 Å². The Hall–Kier alpha value is -2.63. The van der Waals surface area contributed by atoms with Crippen LogP contribution >= 0.6 is 0 Å². The van der Waals surface area contributed by atoms with Crippen molar-refractivity contribution in [2.45, 2.75) is 41.5 Å². The first kappa shape index (κ1) is 20.7. The number of nitro groups is 1. The van der Waals surface area contributed by atoms with E-state index in [2.05, 4.69) is 10.2 Å². The first-order valence-electron chi connectivity index (χ1n) is 9.01. The van der Waals surface area contributed by atoms with Crippen molar-refractivity contribution in [1.82, 2.24) is 0 Å². The molecule has 0 heterocycles. The number of carbonyl (C=O) groups is 1. The molecule has 1 aliphatic carbocycles. The molecular formula is C21H27N3O3. The molecule has 27 heavy (non-hydrogen) atoms. The average molecular weight is 369 g/mol. The molecule has 0 aliphatic heterocycles. The van der Waals surface area contributed by atoms with E-state index in [0.29, 0.717) is 12.2 Å². The van der Waals surface area contributed by atoms with Gasteiger partial charge in [0, 0.05) is 29.2 Å². The van der Waals surface area contributed by atoms with Gasteiger partial charge in [-0.25, -0.2) is 0 Å². The highest BCUT2D eigenvalue weighted by atomic mass is 16.6. The highest BCUT2D eigenvalue weighted by Crippen LogP contribution is 2.39. The van der Waals surface area contributed by atoms with Crippen LogP contribution in [0.15, 0.2) is 57.8 Å². The van der Waals surface area contributed by atoms with Crippen LogP contribution in [0.3, 0.4) is 0 Å². The lowest BCUT2D eigenvalue weighted by Gasteiger charge is -2.32. The molecular weight excluding hydrogens is 342 g/mol. The third kappa shape index (κ3) is 5.18. The van der Waals surface area contributed by atoms with E-state index < -0.39 is 4.92 Å². The Morgan fingerprint density at radius 1 is 0.963 bits per heavy atom. The molecule has 1 aliphatic rings. The van der Waals surface area contributed by atoms with E-state index in [1.807, 2.05) is 53.7 Å². The van der Waals surface area contributed by atoms with Crippen LogP contribution in [-0.4, -0.2) is 17.3 Å². The minimum atomic E-state index is -0.447. The summed E-state index contributed by atoms with van der Waals surface area (Å²) in [6, 6.07) is 5.95. The van der Waals surface area contributed by atoms with E-state index in [1.54, 1.807) is 12.1 Å². The number of carbonyl (C=O) groups excluding carboxylic acids is 1. The summed E-state index contributed by atoms with van der Waals surface area (Å²) in [5, 5.41) is 19.1. The molecule has 6 heteroatoms. The summed E-state index contributed by atoms with van der Waals surface area (Å²) in [6.07, 6.45) is 3.98. The van der Waals surface area contributed by atoms with Gasteiger partial charge in [-0.3, -0.25) is 14.9 Å². The van der Waals surface area contributed by atoms with Gasteiger partial charge in [-0.2, -0.15) is 10.2 Å². The Bertz CT molecular complexity index is 786. The number of ketones is 1. The Morgan fingerprint density at radius 3 is 1.85 bits per heavy atom. The molecule has 0 N–H and O–H groups in total. The number of rotatable bonds is 4. The average Bonchev–Trinajstić information content (AvgIpc) is 2.54. The lowest BCUT2D eigenvalue weighted by Crippen LogP contribution is -2.30. The number of allylic oxidation sites excluding steroid dienone is 2. The van der Waals surface area contributed by atoms with Crippen LogP contribution in [0.2, 0.25) is 0 Å². The van der Waals surface area contributed by atoms with Crippen molar-refractivity contribution in [3.05, 3.63) is 57.7 Å². The SMILES string of the molecule is CC(C)(C)C1=CC(CN=Nc2ccc([N+](=O)[O-])cc2)C=C(C(C)(C)C)C1=O. The van der Waals surface area contributed by atoms with Gasteiger partial charge in [0.1, 0.15) is 0 Å². The molecule has 0 spiro atoms. The number of non-ortho nitro benzene ring substituents is 1. The van der Waals surface area contributed by atoms with Crippen LogP contribution in [0, 0.1) is 26.9 Å². The Labute approximate surface area is 160 Å². The number of nitro benzene ring substituents is 1. The van der Waals surface area contributed by atoms with Crippen molar-refractivity contribution in [2.75, 3.05) is 6.54 Å². The topological polar surface area (TPSA) is 84.9 Å². The molecule has 1 aromatic rings. The fourth-order valence-corrected chi connectivity index (χ4v) is 2.92. The van der Waals surface area contributed by atoms with Gasteiger partial charge < -0.3 is 0 Å². The predicted octanol–water partition coefficient (Wildman–Crippen LogP) is 5.82. The van der Waals surface area contributed by atoms with Crippen molar-refractivity contribution in [3.63, 3.8) is 0 Å². The van der Waals surface area contributed by atoms with E-state index in [9.17, 15) is 14.9 Å². The first-order valence-corrected chi connectivity index (χ1v) is 9.01. The fraction of sp³-hybridized carbons (Fsp3) is 0.476. The minimum absolute atomic E-state index is 0.00653. The van der Waals surface area contributed by atoms with Gasteiger partial charge in [-0.15, -0.1) is 0 Å². The number of azo groups is 1. The molecule has 1 aromatic carbocycles. The largest absolute Gasteiger partial charge is 0.289 e. The fourth-order valence-electron chi connectivity index (χ4n) is 2.92. The maximum Gasteiger partial charge on any atom is 0.269 e. The quantitative estimate of drug-likeness (QED) is 0.380. The van der Waals surface area contributed by atoms with E-state index >= 15 is 0 Å². The molecule has 0 saturated heterocycles. The van der Waals surface area contributed by atoms with Gasteiger partial charge in [0.05, 0.1) is 17.2 Å². The number of hydrogen-bond donors (Lipinski definition) is 0. The van der Waals surface area contributed by atoms with Crippen LogP contribution in [0.25, 0.3) is 0 Å². The highest BCUT2D eigenvalue weighted by Gasteiger charge is 2.35. The zero-order chi connectivity index (χ0) is 20.4. The zero-order valence-electron chi connectivity index (χ0n) is 16.8. The van der Waals surface area contributed by atoms with Crippen LogP contribution in [0.5, 0.6) is 0 Å². The summed E-state index contributed by atoms with van der Waals surface area (Å²) in [5.74, 6) is 0.103. The molecule has 0 fully saturated rings. The number of Topliss-reactive ketones (excluding diaryl/α,β-unsaturated/α-hetero) is 1. The molecule has 0 atom stereocenters. The predicted molar refractivity (Wildman–Crippen MR) is 106 cm³/mol. The van der Waals surface area contributed by atoms with Gasteiger partial charge >= 0.3 is 0 Å². The third-order valence-electron chi connectivity index (χ3n) is 4.41. The monoisotopic (exact) mass is 369 g/mol. The highest BCUT2D eigenvalue weighted by molar-refractivity contribution is 6.10. The molecule has 0 radical (unpaired) electrons. The zero-order valence-corrected chi connectivity index (χ0v) is 16.8. The van der Waals surface area contributed by atoms with Crippen molar-refractivity contribution in [2.24, 2.45) is 27.0 Å². The molecule has 0 saturated carbocycles. The van der Waals surface area contributed by atoms with Crippen LogP contribution in [0.4, 0.5) is 11.4 Å². The van der Waals surface area contributed by atoms with Crippen LogP contribution in [-0.2, 0) is 4.79 Å². The van der Waals surface area contributed by atoms with Crippen molar-refractivity contribution in [3.8, 4) is 0 Å². The molecule has 6 nitrogen and oxygen atoms in total. The molecule has 2 rings (SSSR count). The van der Waals surface area contributed by atoms with E-state index in [1.165, 1.54) is 12.1 Å². The van der Waals surface area contributed by atoms with Crippen LogP contribution in [0.1, 0.15) is 41.5 Å².